The molecular weight excluding hydrogens is 162 g/mol. The minimum absolute atomic E-state index is 0.501. The molecule has 3 heteroatoms. The lowest BCUT2D eigenvalue weighted by Crippen LogP contribution is -1.91. The number of aromatic nitrogens is 2. The van der Waals surface area contributed by atoms with Gasteiger partial charge in [-0.15, -0.1) is 0 Å². The van der Waals surface area contributed by atoms with Gasteiger partial charge in [0.1, 0.15) is 6.07 Å². The van der Waals surface area contributed by atoms with Gasteiger partial charge in [-0.1, -0.05) is 12.1 Å². The van der Waals surface area contributed by atoms with Crippen LogP contribution in [0, 0.1) is 18.3 Å². The number of hydrogen-bond donors (Lipinski definition) is 0. The lowest BCUT2D eigenvalue weighted by Gasteiger charge is -1.96. The third-order valence-electron chi connectivity index (χ3n) is 2.17. The van der Waals surface area contributed by atoms with E-state index in [2.05, 4.69) is 11.2 Å². The molecule has 0 unspecified atom stereocenters. The first-order chi connectivity index (χ1) is 6.24. The minimum atomic E-state index is 0.501. The molecule has 1 heterocycles. The Morgan fingerprint density at radius 2 is 2.23 bits per heavy atom. The van der Waals surface area contributed by atoms with Crippen LogP contribution in [0.2, 0.25) is 0 Å². The predicted molar refractivity (Wildman–Crippen MR) is 50.2 cm³/mol. The van der Waals surface area contributed by atoms with E-state index in [0.29, 0.717) is 5.69 Å². The Bertz CT molecular complexity index is 503. The maximum atomic E-state index is 8.81. The first kappa shape index (κ1) is 7.81. The molecule has 0 aliphatic rings. The van der Waals surface area contributed by atoms with Gasteiger partial charge < -0.3 is 0 Å². The van der Waals surface area contributed by atoms with E-state index in [1.165, 1.54) is 0 Å². The predicted octanol–water partition coefficient (Wildman–Crippen LogP) is 1.75. The highest BCUT2D eigenvalue weighted by atomic mass is 15.3. The number of aryl methyl sites for hydroxylation is 2. The number of nitrogens with zero attached hydrogens (tertiary/aromatic N) is 3. The summed E-state index contributed by atoms with van der Waals surface area (Å²) in [6, 6.07) is 7.97. The number of fused-ring (bicyclic) bond motifs is 1. The van der Waals surface area contributed by atoms with Gasteiger partial charge >= 0.3 is 0 Å². The summed E-state index contributed by atoms with van der Waals surface area (Å²) in [4.78, 5) is 0. The molecule has 0 radical (unpaired) electrons. The smallest absolute Gasteiger partial charge is 0.170 e. The summed E-state index contributed by atoms with van der Waals surface area (Å²) >= 11 is 0. The first-order valence-corrected chi connectivity index (χ1v) is 4.06. The molecule has 1 aromatic carbocycles. The monoisotopic (exact) mass is 171 g/mol. The van der Waals surface area contributed by atoms with Crippen LogP contribution in [0.5, 0.6) is 0 Å². The van der Waals surface area contributed by atoms with Crippen LogP contribution in [0.3, 0.4) is 0 Å². The Hall–Kier alpha value is -1.82. The number of benzene rings is 1. The second-order valence-electron chi connectivity index (χ2n) is 3.06. The molecule has 0 N–H and O–H groups in total. The van der Waals surface area contributed by atoms with Gasteiger partial charge in [-0.05, 0) is 18.6 Å². The molecule has 0 aliphatic carbocycles. The highest BCUT2D eigenvalue weighted by Crippen LogP contribution is 2.20. The van der Waals surface area contributed by atoms with Crippen LogP contribution in [-0.2, 0) is 7.05 Å². The van der Waals surface area contributed by atoms with E-state index in [9.17, 15) is 0 Å². The van der Waals surface area contributed by atoms with E-state index in [1.807, 2.05) is 32.2 Å². The first-order valence-electron chi connectivity index (χ1n) is 4.06. The summed E-state index contributed by atoms with van der Waals surface area (Å²) in [6.45, 7) is 2.02. The Morgan fingerprint density at radius 1 is 1.46 bits per heavy atom. The summed E-state index contributed by atoms with van der Waals surface area (Å²) in [7, 11) is 1.86. The van der Waals surface area contributed by atoms with Crippen LogP contribution in [0.15, 0.2) is 18.2 Å². The average Bonchev–Trinajstić information content (AvgIpc) is 2.44. The molecule has 0 amide bonds. The molecule has 0 saturated carbocycles. The summed E-state index contributed by atoms with van der Waals surface area (Å²) in [5.74, 6) is 0. The average molecular weight is 171 g/mol. The largest absolute Gasteiger partial charge is 0.266 e. The molecule has 13 heavy (non-hydrogen) atoms. The van der Waals surface area contributed by atoms with Gasteiger partial charge in [0.2, 0.25) is 0 Å². The molecule has 0 bridgehead atoms. The number of nitriles is 1. The van der Waals surface area contributed by atoms with Gasteiger partial charge in [0.05, 0.1) is 5.52 Å². The maximum Gasteiger partial charge on any atom is 0.170 e. The highest BCUT2D eigenvalue weighted by Gasteiger charge is 2.08. The van der Waals surface area contributed by atoms with Crippen LogP contribution < -0.4 is 0 Å². The third-order valence-corrected chi connectivity index (χ3v) is 2.17. The summed E-state index contributed by atoms with van der Waals surface area (Å²) < 4.78 is 1.75. The van der Waals surface area contributed by atoms with E-state index in [1.54, 1.807) is 4.68 Å². The number of para-hydroxylation sites is 1. The van der Waals surface area contributed by atoms with Gasteiger partial charge in [-0.3, -0.25) is 4.68 Å². The molecule has 0 saturated heterocycles. The number of rotatable bonds is 0. The van der Waals surface area contributed by atoms with Crippen molar-refractivity contribution < 1.29 is 0 Å². The van der Waals surface area contributed by atoms with Crippen molar-refractivity contribution >= 4 is 10.9 Å². The van der Waals surface area contributed by atoms with Gasteiger partial charge in [0, 0.05) is 12.4 Å². The SMILES string of the molecule is Cc1cccc2c(C#N)nn(C)c12. The van der Waals surface area contributed by atoms with Crippen molar-refractivity contribution in [1.29, 1.82) is 5.26 Å². The van der Waals surface area contributed by atoms with E-state index in [0.717, 1.165) is 16.5 Å². The highest BCUT2D eigenvalue weighted by molar-refractivity contribution is 5.86. The Morgan fingerprint density at radius 3 is 2.92 bits per heavy atom. The molecular formula is C10H9N3. The lowest BCUT2D eigenvalue weighted by molar-refractivity contribution is 0.789. The molecule has 3 nitrogen and oxygen atoms in total. The fourth-order valence-electron chi connectivity index (χ4n) is 1.62. The molecule has 64 valence electrons. The molecule has 0 aliphatic heterocycles. The minimum Gasteiger partial charge on any atom is -0.266 e. The third kappa shape index (κ3) is 0.994. The van der Waals surface area contributed by atoms with E-state index >= 15 is 0 Å². The Labute approximate surface area is 76.2 Å². The van der Waals surface area contributed by atoms with Crippen LogP contribution in [0.1, 0.15) is 11.3 Å². The van der Waals surface area contributed by atoms with Crippen molar-refractivity contribution in [3.8, 4) is 6.07 Å². The fourth-order valence-corrected chi connectivity index (χ4v) is 1.62. The second-order valence-corrected chi connectivity index (χ2v) is 3.06. The van der Waals surface area contributed by atoms with Crippen LogP contribution in [0.4, 0.5) is 0 Å². The van der Waals surface area contributed by atoms with Crippen molar-refractivity contribution in [2.24, 2.45) is 7.05 Å². The van der Waals surface area contributed by atoms with Crippen molar-refractivity contribution in [2.45, 2.75) is 6.92 Å². The van der Waals surface area contributed by atoms with Crippen molar-refractivity contribution in [1.82, 2.24) is 9.78 Å². The summed E-state index contributed by atoms with van der Waals surface area (Å²) in [5.41, 5.74) is 2.69. The zero-order valence-electron chi connectivity index (χ0n) is 7.57. The maximum absolute atomic E-state index is 8.81. The molecule has 2 aromatic rings. The van der Waals surface area contributed by atoms with Gasteiger partial charge in [0.15, 0.2) is 5.69 Å². The van der Waals surface area contributed by atoms with Crippen LogP contribution >= 0.6 is 0 Å². The zero-order valence-corrected chi connectivity index (χ0v) is 7.57. The van der Waals surface area contributed by atoms with Gasteiger partial charge in [-0.25, -0.2) is 0 Å². The fraction of sp³-hybridized carbons (Fsp3) is 0.200. The van der Waals surface area contributed by atoms with Crippen LogP contribution in [0.25, 0.3) is 10.9 Å². The topological polar surface area (TPSA) is 41.6 Å². The molecule has 0 spiro atoms. The van der Waals surface area contributed by atoms with Crippen molar-refractivity contribution in [2.75, 3.05) is 0 Å². The number of hydrogen-bond acceptors (Lipinski definition) is 2. The van der Waals surface area contributed by atoms with E-state index in [4.69, 9.17) is 5.26 Å². The van der Waals surface area contributed by atoms with Crippen LogP contribution in [-0.4, -0.2) is 9.78 Å². The normalized spacial score (nSPS) is 10.2. The lowest BCUT2D eigenvalue weighted by atomic mass is 10.1. The zero-order chi connectivity index (χ0) is 9.42. The Kier molecular flexibility index (Phi) is 1.56. The second kappa shape index (κ2) is 2.60. The summed E-state index contributed by atoms with van der Waals surface area (Å²) in [6.07, 6.45) is 0. The van der Waals surface area contributed by atoms with Gasteiger partial charge in [0.25, 0.3) is 0 Å². The van der Waals surface area contributed by atoms with E-state index in [-0.39, 0.29) is 0 Å². The van der Waals surface area contributed by atoms with Crippen molar-refractivity contribution in [3.63, 3.8) is 0 Å². The standard InChI is InChI=1S/C10H9N3/c1-7-4-3-5-8-9(6-11)12-13(2)10(7)8/h3-5H,1-2H3. The summed E-state index contributed by atoms with van der Waals surface area (Å²) in [5, 5.41) is 13.9. The van der Waals surface area contributed by atoms with Crippen molar-refractivity contribution in [3.05, 3.63) is 29.5 Å². The molecule has 0 atom stereocenters. The van der Waals surface area contributed by atoms with Gasteiger partial charge in [-0.2, -0.15) is 10.4 Å². The molecule has 0 fully saturated rings. The molecule has 1 aromatic heterocycles. The quantitative estimate of drug-likeness (QED) is 0.606. The Balaban J connectivity index is 2.98. The molecule has 2 rings (SSSR count). The van der Waals surface area contributed by atoms with E-state index < -0.39 is 0 Å².